The largest absolute Gasteiger partial charge is 0.325 e. The first-order valence-corrected chi connectivity index (χ1v) is 7.54. The summed E-state index contributed by atoms with van der Waals surface area (Å²) in [6.07, 6.45) is 0. The molecular weight excluding hydrogens is 301 g/mol. The minimum atomic E-state index is -0.399. The van der Waals surface area contributed by atoms with Gasteiger partial charge in [-0.2, -0.15) is 0 Å². The summed E-state index contributed by atoms with van der Waals surface area (Å²) < 4.78 is 14.3. The molecule has 0 aliphatic rings. The second-order valence-corrected chi connectivity index (χ2v) is 6.09. The van der Waals surface area contributed by atoms with Gasteiger partial charge in [-0.05, 0) is 49.2 Å². The number of aryl methyl sites for hydroxylation is 2. The summed E-state index contributed by atoms with van der Waals surface area (Å²) in [5.74, 6) is -0.392. The fourth-order valence-corrected chi connectivity index (χ4v) is 3.15. The van der Waals surface area contributed by atoms with E-state index in [1.165, 1.54) is 17.4 Å². The summed E-state index contributed by atoms with van der Waals surface area (Å²) in [6.45, 7) is 3.93. The highest BCUT2D eigenvalue weighted by atomic mass is 32.1. The first-order valence-electron chi connectivity index (χ1n) is 6.72. The van der Waals surface area contributed by atoms with E-state index in [0.29, 0.717) is 15.5 Å². The lowest BCUT2D eigenvalue weighted by atomic mass is 10.1. The molecule has 0 radical (unpaired) electrons. The van der Waals surface area contributed by atoms with Crippen LogP contribution in [0.3, 0.4) is 0 Å². The fourth-order valence-electron chi connectivity index (χ4n) is 2.27. The van der Waals surface area contributed by atoms with Gasteiger partial charge in [-0.3, -0.25) is 5.32 Å². The molecule has 3 aromatic rings. The van der Waals surface area contributed by atoms with Gasteiger partial charge in [-0.25, -0.2) is 14.2 Å². The van der Waals surface area contributed by atoms with E-state index < -0.39 is 11.8 Å². The van der Waals surface area contributed by atoms with Crippen LogP contribution in [0.2, 0.25) is 0 Å². The zero-order chi connectivity index (χ0) is 15.7. The van der Waals surface area contributed by atoms with Crippen LogP contribution in [0.25, 0.3) is 10.2 Å². The number of nitrogens with one attached hydrogen (secondary N) is 2. The Hall–Kier alpha value is -2.47. The highest BCUT2D eigenvalue weighted by Crippen LogP contribution is 2.27. The summed E-state index contributed by atoms with van der Waals surface area (Å²) in [7, 11) is 0. The van der Waals surface area contributed by atoms with Crippen molar-refractivity contribution in [3.05, 3.63) is 53.3 Å². The zero-order valence-electron chi connectivity index (χ0n) is 12.1. The monoisotopic (exact) mass is 315 g/mol. The molecule has 0 spiro atoms. The van der Waals surface area contributed by atoms with Crippen LogP contribution in [0, 0.1) is 19.7 Å². The van der Waals surface area contributed by atoms with E-state index in [0.717, 1.165) is 11.1 Å². The molecule has 0 fully saturated rings. The Morgan fingerprint density at radius 1 is 1.14 bits per heavy atom. The van der Waals surface area contributed by atoms with Gasteiger partial charge in [0.05, 0.1) is 4.70 Å². The van der Waals surface area contributed by atoms with Crippen LogP contribution < -0.4 is 10.6 Å². The number of urea groups is 1. The van der Waals surface area contributed by atoms with Crippen LogP contribution >= 0.6 is 11.3 Å². The van der Waals surface area contributed by atoms with Gasteiger partial charge >= 0.3 is 6.03 Å². The number of halogens is 1. The van der Waals surface area contributed by atoms with E-state index in [4.69, 9.17) is 0 Å². The number of hydrogen-bond acceptors (Lipinski definition) is 3. The Bertz CT molecular complexity index is 839. The zero-order valence-corrected chi connectivity index (χ0v) is 12.9. The van der Waals surface area contributed by atoms with Crippen LogP contribution in [0.15, 0.2) is 36.4 Å². The Morgan fingerprint density at radius 3 is 2.55 bits per heavy atom. The van der Waals surface area contributed by atoms with Gasteiger partial charge < -0.3 is 5.32 Å². The van der Waals surface area contributed by atoms with E-state index in [1.54, 1.807) is 12.1 Å². The van der Waals surface area contributed by atoms with Crippen molar-refractivity contribution in [2.75, 3.05) is 10.6 Å². The predicted molar refractivity (Wildman–Crippen MR) is 88.1 cm³/mol. The molecule has 4 nitrogen and oxygen atoms in total. The van der Waals surface area contributed by atoms with E-state index >= 15 is 0 Å². The molecule has 22 heavy (non-hydrogen) atoms. The summed E-state index contributed by atoms with van der Waals surface area (Å²) >= 11 is 1.23. The molecule has 3 rings (SSSR count). The third-order valence-electron chi connectivity index (χ3n) is 3.07. The van der Waals surface area contributed by atoms with Gasteiger partial charge in [0, 0.05) is 5.69 Å². The summed E-state index contributed by atoms with van der Waals surface area (Å²) in [5, 5.41) is 5.75. The summed E-state index contributed by atoms with van der Waals surface area (Å²) in [5.41, 5.74) is 3.12. The number of para-hydroxylation sites is 1. The quantitative estimate of drug-likeness (QED) is 0.720. The lowest BCUT2D eigenvalue weighted by Crippen LogP contribution is -2.19. The standard InChI is InChI=1S/C16H14FN3OS/c1-9-6-10(2)8-11(7-9)18-15(21)20-16-19-14-12(17)4-3-5-13(14)22-16/h3-8H,1-2H3,(H2,18,19,20,21). The third kappa shape index (κ3) is 3.07. The lowest BCUT2D eigenvalue weighted by molar-refractivity contribution is 0.262. The maximum atomic E-state index is 13.6. The minimum absolute atomic E-state index is 0.272. The van der Waals surface area contributed by atoms with Gasteiger partial charge in [0.25, 0.3) is 0 Å². The molecule has 0 atom stereocenters. The van der Waals surface area contributed by atoms with Crippen LogP contribution in [0.4, 0.5) is 20.0 Å². The van der Waals surface area contributed by atoms with Gasteiger partial charge in [-0.15, -0.1) is 0 Å². The maximum Gasteiger partial charge on any atom is 0.325 e. The number of hydrogen-bond donors (Lipinski definition) is 2. The minimum Gasteiger partial charge on any atom is -0.308 e. The number of amides is 2. The highest BCUT2D eigenvalue weighted by Gasteiger charge is 2.10. The van der Waals surface area contributed by atoms with Crippen LogP contribution in [0.5, 0.6) is 0 Å². The molecular formula is C16H14FN3OS. The molecule has 1 heterocycles. The van der Waals surface area contributed by atoms with E-state index in [2.05, 4.69) is 15.6 Å². The smallest absolute Gasteiger partial charge is 0.308 e. The fraction of sp³-hybridized carbons (Fsp3) is 0.125. The van der Waals surface area contributed by atoms with Gasteiger partial charge in [0.2, 0.25) is 0 Å². The lowest BCUT2D eigenvalue weighted by Gasteiger charge is -2.07. The number of carbonyl (C=O) groups excluding carboxylic acids is 1. The Morgan fingerprint density at radius 2 is 1.86 bits per heavy atom. The summed E-state index contributed by atoms with van der Waals surface area (Å²) in [4.78, 5) is 16.1. The van der Waals surface area contributed by atoms with Crippen LogP contribution in [-0.4, -0.2) is 11.0 Å². The topological polar surface area (TPSA) is 54.0 Å². The molecule has 6 heteroatoms. The number of rotatable bonds is 2. The predicted octanol–water partition coefficient (Wildman–Crippen LogP) is 4.70. The van der Waals surface area contributed by atoms with Crippen LogP contribution in [-0.2, 0) is 0 Å². The van der Waals surface area contributed by atoms with Crippen molar-refractivity contribution in [1.82, 2.24) is 4.98 Å². The second kappa shape index (κ2) is 5.73. The Labute approximate surface area is 131 Å². The first-order chi connectivity index (χ1) is 10.5. The van der Waals surface area contributed by atoms with Crippen molar-refractivity contribution in [2.45, 2.75) is 13.8 Å². The first kappa shape index (κ1) is 14.5. The van der Waals surface area contributed by atoms with Crippen LogP contribution in [0.1, 0.15) is 11.1 Å². The third-order valence-corrected chi connectivity index (χ3v) is 4.01. The molecule has 0 aliphatic carbocycles. The second-order valence-electron chi connectivity index (χ2n) is 5.06. The van der Waals surface area contributed by atoms with Gasteiger partial charge in [0.1, 0.15) is 11.3 Å². The maximum absolute atomic E-state index is 13.6. The van der Waals surface area contributed by atoms with E-state index in [9.17, 15) is 9.18 Å². The molecule has 1 aromatic heterocycles. The molecule has 2 aromatic carbocycles. The number of aromatic nitrogens is 1. The van der Waals surface area contributed by atoms with Crippen molar-refractivity contribution in [3.8, 4) is 0 Å². The van der Waals surface area contributed by atoms with Crippen molar-refractivity contribution < 1.29 is 9.18 Å². The van der Waals surface area contributed by atoms with E-state index in [1.807, 2.05) is 32.0 Å². The number of carbonyl (C=O) groups is 1. The van der Waals surface area contributed by atoms with Crippen molar-refractivity contribution in [2.24, 2.45) is 0 Å². The number of benzene rings is 2. The molecule has 0 saturated carbocycles. The van der Waals surface area contributed by atoms with Gasteiger partial charge in [0.15, 0.2) is 5.13 Å². The molecule has 0 unspecified atom stereocenters. The van der Waals surface area contributed by atoms with Crippen molar-refractivity contribution in [3.63, 3.8) is 0 Å². The summed E-state index contributed by atoms with van der Waals surface area (Å²) in [6, 6.07) is 10.1. The molecule has 2 N–H and O–H groups in total. The molecule has 2 amide bonds. The molecule has 0 saturated heterocycles. The van der Waals surface area contributed by atoms with Gasteiger partial charge in [-0.1, -0.05) is 23.5 Å². The molecule has 112 valence electrons. The average molecular weight is 315 g/mol. The number of thiazole rings is 1. The number of nitrogens with zero attached hydrogens (tertiary/aromatic N) is 1. The van der Waals surface area contributed by atoms with Crippen molar-refractivity contribution in [1.29, 1.82) is 0 Å². The van der Waals surface area contributed by atoms with Crippen molar-refractivity contribution >= 4 is 38.4 Å². The number of fused-ring (bicyclic) bond motifs is 1. The molecule has 0 bridgehead atoms. The van der Waals surface area contributed by atoms with E-state index in [-0.39, 0.29) is 5.52 Å². The molecule has 0 aliphatic heterocycles. The Balaban J connectivity index is 1.76. The normalized spacial score (nSPS) is 10.7. The highest BCUT2D eigenvalue weighted by molar-refractivity contribution is 7.22. The Kier molecular flexibility index (Phi) is 3.77. The SMILES string of the molecule is Cc1cc(C)cc(NC(=O)Nc2nc3c(F)cccc3s2)c1. The average Bonchev–Trinajstić information content (AvgIpc) is 2.81. The number of anilines is 2.